The number of carbonyl (C=O) groups excluding carboxylic acids is 2. The third-order valence-corrected chi connectivity index (χ3v) is 5.21. The highest BCUT2D eigenvalue weighted by atomic mass is 35.5. The first kappa shape index (κ1) is 21.8. The lowest BCUT2D eigenvalue weighted by Crippen LogP contribution is -2.29. The molecule has 0 aliphatic heterocycles. The van der Waals surface area contributed by atoms with Gasteiger partial charge in [0.2, 0.25) is 0 Å². The molecule has 3 rings (SSSR count). The normalized spacial score (nSPS) is 11.6. The predicted molar refractivity (Wildman–Crippen MR) is 121 cm³/mol. The number of pyridine rings is 1. The zero-order chi connectivity index (χ0) is 21.7. The van der Waals surface area contributed by atoms with Crippen molar-refractivity contribution in [2.75, 3.05) is 11.9 Å². The highest BCUT2D eigenvalue weighted by Crippen LogP contribution is 2.22. The van der Waals surface area contributed by atoms with Crippen molar-refractivity contribution in [3.8, 4) is 0 Å². The second kappa shape index (κ2) is 9.74. The molecule has 1 amide bonds. The fourth-order valence-electron chi connectivity index (χ4n) is 3.05. The molecule has 0 aliphatic carbocycles. The van der Waals surface area contributed by atoms with E-state index in [1.807, 2.05) is 43.1 Å². The highest BCUT2D eigenvalue weighted by Gasteiger charge is 2.17. The molecule has 5 nitrogen and oxygen atoms in total. The van der Waals surface area contributed by atoms with Crippen LogP contribution in [0.5, 0.6) is 0 Å². The minimum atomic E-state index is -0.235. The van der Waals surface area contributed by atoms with E-state index in [1.165, 1.54) is 0 Å². The molecule has 2 aromatic carbocycles. The number of carbonyl (C=O) groups is 2. The summed E-state index contributed by atoms with van der Waals surface area (Å²) in [6.07, 6.45) is 2.37. The van der Waals surface area contributed by atoms with E-state index in [0.717, 1.165) is 23.2 Å². The number of nitrogens with zero attached hydrogens (tertiary/aromatic N) is 2. The molecular weight excluding hydrogens is 421 g/mol. The van der Waals surface area contributed by atoms with Gasteiger partial charge in [-0.3, -0.25) is 9.59 Å². The number of halogens is 2. The van der Waals surface area contributed by atoms with Gasteiger partial charge in [0, 0.05) is 35.9 Å². The SMILES string of the molecule is C[C@H](NC(=O)c1cc(Cl)ccc1CN(C)c1ccc(Cl)cn1)c1ccc(C=O)cc1. The lowest BCUT2D eigenvalue weighted by Gasteiger charge is -2.21. The summed E-state index contributed by atoms with van der Waals surface area (Å²) in [5, 5.41) is 4.05. The van der Waals surface area contributed by atoms with Gasteiger partial charge in [0.15, 0.2) is 0 Å². The van der Waals surface area contributed by atoms with E-state index in [4.69, 9.17) is 23.2 Å². The molecule has 1 heterocycles. The zero-order valence-electron chi connectivity index (χ0n) is 16.6. The minimum absolute atomic E-state index is 0.225. The number of hydrogen-bond acceptors (Lipinski definition) is 4. The Morgan fingerprint density at radius 1 is 1.10 bits per heavy atom. The maximum atomic E-state index is 13.0. The van der Waals surface area contributed by atoms with Crippen molar-refractivity contribution in [3.63, 3.8) is 0 Å². The van der Waals surface area contributed by atoms with E-state index < -0.39 is 0 Å². The maximum Gasteiger partial charge on any atom is 0.252 e. The van der Waals surface area contributed by atoms with Crippen molar-refractivity contribution < 1.29 is 9.59 Å². The van der Waals surface area contributed by atoms with Crippen molar-refractivity contribution in [2.24, 2.45) is 0 Å². The van der Waals surface area contributed by atoms with Crippen LogP contribution in [0, 0.1) is 0 Å². The smallest absolute Gasteiger partial charge is 0.252 e. The van der Waals surface area contributed by atoms with Gasteiger partial charge >= 0.3 is 0 Å². The Balaban J connectivity index is 1.78. The van der Waals surface area contributed by atoms with E-state index in [0.29, 0.717) is 27.7 Å². The van der Waals surface area contributed by atoms with Crippen LogP contribution in [0.25, 0.3) is 0 Å². The van der Waals surface area contributed by atoms with E-state index in [-0.39, 0.29) is 11.9 Å². The molecule has 0 radical (unpaired) electrons. The van der Waals surface area contributed by atoms with Crippen LogP contribution in [0.3, 0.4) is 0 Å². The quantitative estimate of drug-likeness (QED) is 0.503. The minimum Gasteiger partial charge on any atom is -0.355 e. The number of rotatable bonds is 7. The Labute approximate surface area is 185 Å². The van der Waals surface area contributed by atoms with Gasteiger partial charge in [0.25, 0.3) is 5.91 Å². The average Bonchev–Trinajstić information content (AvgIpc) is 2.75. The number of amides is 1. The Bertz CT molecular complexity index is 1040. The molecule has 1 atom stereocenters. The van der Waals surface area contributed by atoms with Crippen molar-refractivity contribution in [3.05, 3.63) is 93.1 Å². The van der Waals surface area contributed by atoms with Crippen LogP contribution >= 0.6 is 23.2 Å². The van der Waals surface area contributed by atoms with E-state index >= 15 is 0 Å². The molecule has 0 spiro atoms. The molecule has 0 aliphatic rings. The summed E-state index contributed by atoms with van der Waals surface area (Å²) in [6.45, 7) is 2.36. The van der Waals surface area contributed by atoms with E-state index in [1.54, 1.807) is 36.5 Å². The third kappa shape index (κ3) is 5.38. The molecule has 1 aromatic heterocycles. The van der Waals surface area contributed by atoms with Crippen LogP contribution in [0.4, 0.5) is 5.82 Å². The van der Waals surface area contributed by atoms with Crippen LogP contribution in [-0.4, -0.2) is 24.2 Å². The summed E-state index contributed by atoms with van der Waals surface area (Å²) in [5.74, 6) is 0.515. The van der Waals surface area contributed by atoms with Crippen LogP contribution in [0.1, 0.15) is 44.8 Å². The maximum absolute atomic E-state index is 13.0. The second-order valence-electron chi connectivity index (χ2n) is 6.97. The molecule has 0 unspecified atom stereocenters. The summed E-state index contributed by atoms with van der Waals surface area (Å²) in [5.41, 5.74) is 2.81. The fraction of sp³-hybridized carbons (Fsp3) is 0.174. The molecule has 1 N–H and O–H groups in total. The predicted octanol–water partition coefficient (Wildman–Crippen LogP) is 5.33. The van der Waals surface area contributed by atoms with E-state index in [2.05, 4.69) is 10.3 Å². The van der Waals surface area contributed by atoms with Crippen molar-refractivity contribution in [1.29, 1.82) is 0 Å². The van der Waals surface area contributed by atoms with Crippen molar-refractivity contribution in [2.45, 2.75) is 19.5 Å². The van der Waals surface area contributed by atoms with Gasteiger partial charge < -0.3 is 10.2 Å². The first-order valence-corrected chi connectivity index (χ1v) is 10.1. The monoisotopic (exact) mass is 441 g/mol. The second-order valence-corrected chi connectivity index (χ2v) is 7.84. The van der Waals surface area contributed by atoms with Gasteiger partial charge in [-0.2, -0.15) is 0 Å². The average molecular weight is 442 g/mol. The number of hydrogen-bond donors (Lipinski definition) is 1. The molecule has 0 bridgehead atoms. The molecule has 30 heavy (non-hydrogen) atoms. The fourth-order valence-corrected chi connectivity index (χ4v) is 3.33. The van der Waals surface area contributed by atoms with Gasteiger partial charge in [0.05, 0.1) is 11.1 Å². The Kier molecular flexibility index (Phi) is 7.08. The number of nitrogens with one attached hydrogen (secondary N) is 1. The third-order valence-electron chi connectivity index (χ3n) is 4.75. The number of aromatic nitrogens is 1. The largest absolute Gasteiger partial charge is 0.355 e. The molecular formula is C23H21Cl2N3O2. The standard InChI is InChI=1S/C23H21Cl2N3O2/c1-15(17-5-3-16(14-29)4-6-17)27-23(30)21-11-19(24)8-7-18(21)13-28(2)22-10-9-20(25)12-26-22/h3-12,14-15H,13H2,1-2H3,(H,27,30)/t15-/m0/s1. The van der Waals surface area contributed by atoms with Gasteiger partial charge in [-0.05, 0) is 42.3 Å². The topological polar surface area (TPSA) is 62.3 Å². The first-order chi connectivity index (χ1) is 14.4. The molecule has 0 saturated carbocycles. The molecule has 0 fully saturated rings. The number of aldehydes is 1. The van der Waals surface area contributed by atoms with Crippen LogP contribution in [-0.2, 0) is 6.54 Å². The van der Waals surface area contributed by atoms with Crippen LogP contribution in [0.2, 0.25) is 10.0 Å². The summed E-state index contributed by atoms with van der Waals surface area (Å²) in [6, 6.07) is 15.7. The summed E-state index contributed by atoms with van der Waals surface area (Å²) in [4.78, 5) is 30.1. The summed E-state index contributed by atoms with van der Waals surface area (Å²) >= 11 is 12.1. The number of benzene rings is 2. The Morgan fingerprint density at radius 2 is 1.80 bits per heavy atom. The van der Waals surface area contributed by atoms with Gasteiger partial charge in [-0.25, -0.2) is 4.98 Å². The first-order valence-electron chi connectivity index (χ1n) is 9.34. The molecule has 7 heteroatoms. The zero-order valence-corrected chi connectivity index (χ0v) is 18.1. The lowest BCUT2D eigenvalue weighted by atomic mass is 10.0. The molecule has 3 aromatic rings. The Morgan fingerprint density at radius 3 is 2.43 bits per heavy atom. The molecule has 154 valence electrons. The van der Waals surface area contributed by atoms with Crippen LogP contribution in [0.15, 0.2) is 60.8 Å². The summed E-state index contributed by atoms with van der Waals surface area (Å²) < 4.78 is 0. The lowest BCUT2D eigenvalue weighted by molar-refractivity contribution is 0.0938. The van der Waals surface area contributed by atoms with Crippen molar-refractivity contribution in [1.82, 2.24) is 10.3 Å². The molecule has 0 saturated heterocycles. The highest BCUT2D eigenvalue weighted by molar-refractivity contribution is 6.31. The van der Waals surface area contributed by atoms with Crippen molar-refractivity contribution >= 4 is 41.2 Å². The van der Waals surface area contributed by atoms with Gasteiger partial charge in [-0.15, -0.1) is 0 Å². The number of anilines is 1. The van der Waals surface area contributed by atoms with Gasteiger partial charge in [0.1, 0.15) is 12.1 Å². The van der Waals surface area contributed by atoms with Crippen LogP contribution < -0.4 is 10.2 Å². The van der Waals surface area contributed by atoms with Gasteiger partial charge in [-0.1, -0.05) is 53.5 Å². The summed E-state index contributed by atoms with van der Waals surface area (Å²) in [7, 11) is 1.89. The van der Waals surface area contributed by atoms with E-state index in [9.17, 15) is 9.59 Å². The Hall–Kier alpha value is -2.89.